The summed E-state index contributed by atoms with van der Waals surface area (Å²) in [5.41, 5.74) is 3.74. The van der Waals surface area contributed by atoms with Crippen LogP contribution >= 0.6 is 11.8 Å². The summed E-state index contributed by atoms with van der Waals surface area (Å²) in [5, 5.41) is 23.8. The van der Waals surface area contributed by atoms with E-state index in [4.69, 9.17) is 0 Å². The molecule has 10 nitrogen and oxygen atoms in total. The number of aromatic nitrogens is 5. The molecule has 0 spiro atoms. The molecule has 2 amide bonds. The zero-order chi connectivity index (χ0) is 27.0. The molecular weight excluding hydrogens is 514 g/mol. The maximum Gasteiger partial charge on any atom is 0.326 e. The molecule has 3 aromatic heterocycles. The van der Waals surface area contributed by atoms with Gasteiger partial charge in [-0.15, -0.1) is 0 Å². The van der Waals surface area contributed by atoms with Crippen molar-refractivity contribution in [3.05, 3.63) is 114 Å². The first kappa shape index (κ1) is 25.9. The van der Waals surface area contributed by atoms with Crippen LogP contribution in [0.1, 0.15) is 28.6 Å². The summed E-state index contributed by atoms with van der Waals surface area (Å²) in [7, 11) is 0. The summed E-state index contributed by atoms with van der Waals surface area (Å²) in [6, 6.07) is 22.3. The Labute approximate surface area is 228 Å². The molecule has 39 heavy (non-hydrogen) atoms. The number of aliphatic carboxylic acids is 1. The molecule has 0 aliphatic carbocycles. The first-order valence-electron chi connectivity index (χ1n) is 12.2. The first-order valence-corrected chi connectivity index (χ1v) is 13.2. The van der Waals surface area contributed by atoms with Crippen molar-refractivity contribution in [1.82, 2.24) is 35.8 Å². The van der Waals surface area contributed by atoms with Crippen molar-refractivity contribution in [2.24, 2.45) is 0 Å². The zero-order valence-corrected chi connectivity index (χ0v) is 21.5. The Morgan fingerprint density at radius 1 is 0.872 bits per heavy atom. The third-order valence-electron chi connectivity index (χ3n) is 5.99. The van der Waals surface area contributed by atoms with E-state index in [1.807, 2.05) is 72.8 Å². The fourth-order valence-corrected chi connectivity index (χ4v) is 4.99. The summed E-state index contributed by atoms with van der Waals surface area (Å²) < 4.78 is 0. The lowest BCUT2D eigenvalue weighted by molar-refractivity contribution is -0.139. The van der Waals surface area contributed by atoms with E-state index in [0.717, 1.165) is 27.2 Å². The quantitative estimate of drug-likeness (QED) is 0.153. The van der Waals surface area contributed by atoms with E-state index in [0.29, 0.717) is 17.1 Å². The summed E-state index contributed by atoms with van der Waals surface area (Å²) >= 11 is 1.49. The summed E-state index contributed by atoms with van der Waals surface area (Å²) in [5.74, 6) is -0.627. The molecule has 0 bridgehead atoms. The van der Waals surface area contributed by atoms with E-state index in [-0.39, 0.29) is 6.42 Å². The van der Waals surface area contributed by atoms with E-state index < -0.39 is 24.1 Å². The van der Waals surface area contributed by atoms with Gasteiger partial charge < -0.3 is 15.7 Å². The van der Waals surface area contributed by atoms with Crippen LogP contribution in [0.25, 0.3) is 11.0 Å². The summed E-state index contributed by atoms with van der Waals surface area (Å²) in [4.78, 5) is 38.1. The Morgan fingerprint density at radius 3 is 2.26 bits per heavy atom. The number of nitrogens with zero attached hydrogens (tertiary/aromatic N) is 4. The van der Waals surface area contributed by atoms with Gasteiger partial charge in [-0.25, -0.2) is 19.6 Å². The molecule has 5 rings (SSSR count). The largest absolute Gasteiger partial charge is 0.480 e. The number of carbonyl (C=O) groups excluding carboxylic acids is 1. The minimum atomic E-state index is -1.17. The molecule has 0 aliphatic heterocycles. The van der Waals surface area contributed by atoms with Gasteiger partial charge in [0.15, 0.2) is 5.65 Å². The highest BCUT2D eigenvalue weighted by Gasteiger charge is 2.24. The second kappa shape index (κ2) is 12.2. The number of rotatable bonds is 10. The number of urea groups is 1. The van der Waals surface area contributed by atoms with Gasteiger partial charge in [0, 0.05) is 17.9 Å². The number of nitrogens with one attached hydrogen (secondary N) is 3. The number of carboxylic acids is 1. The summed E-state index contributed by atoms with van der Waals surface area (Å²) in [6.07, 6.45) is 3.18. The van der Waals surface area contributed by atoms with Crippen molar-refractivity contribution in [3.63, 3.8) is 0 Å². The van der Waals surface area contributed by atoms with Crippen molar-refractivity contribution in [2.75, 3.05) is 0 Å². The zero-order valence-electron chi connectivity index (χ0n) is 20.7. The highest BCUT2D eigenvalue weighted by Crippen LogP contribution is 2.26. The molecule has 4 N–H and O–H groups in total. The molecule has 1 atom stereocenters. The number of hydrogen-bond acceptors (Lipinski definition) is 7. The third-order valence-corrected chi connectivity index (χ3v) is 7.03. The lowest BCUT2D eigenvalue weighted by Gasteiger charge is -2.22. The molecule has 0 saturated heterocycles. The molecular formula is C28H25N7O3S. The van der Waals surface area contributed by atoms with Crippen LogP contribution in [-0.4, -0.2) is 48.3 Å². The SMILES string of the molecule is O=C(NC(Cc1cccc(CSc2ncnc3[nH]ncc23)n1)C(=O)O)NC(c1ccccc1)c1ccccc1. The van der Waals surface area contributed by atoms with Crippen LogP contribution in [0.4, 0.5) is 4.79 Å². The number of benzene rings is 2. The molecule has 1 unspecified atom stereocenters. The smallest absolute Gasteiger partial charge is 0.326 e. The number of aromatic amines is 1. The van der Waals surface area contributed by atoms with Crippen molar-refractivity contribution in [3.8, 4) is 0 Å². The first-order chi connectivity index (χ1) is 19.1. The Balaban J connectivity index is 1.25. The van der Waals surface area contributed by atoms with Crippen LogP contribution < -0.4 is 10.6 Å². The van der Waals surface area contributed by atoms with E-state index in [1.54, 1.807) is 12.3 Å². The number of amides is 2. The van der Waals surface area contributed by atoms with Gasteiger partial charge in [-0.05, 0) is 23.3 Å². The van der Waals surface area contributed by atoms with E-state index in [2.05, 4.69) is 35.8 Å². The fourth-order valence-electron chi connectivity index (χ4n) is 4.11. The molecule has 0 fully saturated rings. The predicted octanol–water partition coefficient (Wildman–Crippen LogP) is 4.12. The van der Waals surface area contributed by atoms with Crippen LogP contribution in [0.3, 0.4) is 0 Å². The minimum Gasteiger partial charge on any atom is -0.480 e. The lowest BCUT2D eigenvalue weighted by Crippen LogP contribution is -2.48. The number of fused-ring (bicyclic) bond motifs is 1. The predicted molar refractivity (Wildman–Crippen MR) is 147 cm³/mol. The van der Waals surface area contributed by atoms with Crippen LogP contribution in [0, 0.1) is 0 Å². The van der Waals surface area contributed by atoms with E-state index in [1.165, 1.54) is 18.1 Å². The average Bonchev–Trinajstić information content (AvgIpc) is 3.45. The number of hydrogen-bond donors (Lipinski definition) is 4. The van der Waals surface area contributed by atoms with Crippen LogP contribution in [-0.2, 0) is 17.0 Å². The van der Waals surface area contributed by atoms with E-state index in [9.17, 15) is 14.7 Å². The van der Waals surface area contributed by atoms with Crippen LogP contribution in [0.2, 0.25) is 0 Å². The molecule has 0 aliphatic rings. The number of pyridine rings is 1. The normalized spacial score (nSPS) is 11.8. The monoisotopic (exact) mass is 539 g/mol. The molecule has 0 saturated carbocycles. The number of H-pyrrole nitrogens is 1. The van der Waals surface area contributed by atoms with Crippen molar-refractivity contribution in [2.45, 2.75) is 29.3 Å². The molecule has 5 aromatic rings. The highest BCUT2D eigenvalue weighted by molar-refractivity contribution is 7.98. The molecule has 2 aromatic carbocycles. The minimum absolute atomic E-state index is 0.0298. The molecule has 0 radical (unpaired) electrons. The second-order valence-electron chi connectivity index (χ2n) is 8.69. The maximum absolute atomic E-state index is 13.0. The van der Waals surface area contributed by atoms with Crippen LogP contribution in [0.15, 0.2) is 96.4 Å². The molecule has 196 valence electrons. The van der Waals surface area contributed by atoms with Gasteiger partial charge in [0.05, 0.1) is 23.3 Å². The van der Waals surface area contributed by atoms with Gasteiger partial charge in [-0.2, -0.15) is 5.10 Å². The maximum atomic E-state index is 13.0. The molecule has 11 heteroatoms. The number of carboxylic acid groups (broad SMARTS) is 1. The average molecular weight is 540 g/mol. The Morgan fingerprint density at radius 2 is 1.56 bits per heavy atom. The Kier molecular flexibility index (Phi) is 8.08. The van der Waals surface area contributed by atoms with Gasteiger partial charge in [-0.1, -0.05) is 78.5 Å². The third kappa shape index (κ3) is 6.57. The standard InChI is InChI=1S/C28H25N7O3S/c36-27(37)23(33-28(38)34-24(18-8-3-1-4-9-18)19-10-5-2-6-11-19)14-20-12-7-13-21(32-20)16-39-26-22-15-31-35-25(22)29-17-30-26/h1-13,15,17,23-24H,14,16H2,(H,36,37)(H2,33,34,38)(H,29,30,31,35). The van der Waals surface area contributed by atoms with Gasteiger partial charge in [-0.3, -0.25) is 10.1 Å². The Bertz CT molecular complexity index is 1520. The second-order valence-corrected chi connectivity index (χ2v) is 9.65. The molecule has 3 heterocycles. The number of thioether (sulfide) groups is 1. The fraction of sp³-hybridized carbons (Fsp3) is 0.143. The van der Waals surface area contributed by atoms with Crippen molar-refractivity contribution < 1.29 is 14.7 Å². The Hall–Kier alpha value is -4.77. The van der Waals surface area contributed by atoms with Crippen molar-refractivity contribution >= 4 is 34.8 Å². The lowest BCUT2D eigenvalue weighted by atomic mass is 9.99. The van der Waals surface area contributed by atoms with Gasteiger partial charge in [0.25, 0.3) is 0 Å². The van der Waals surface area contributed by atoms with Crippen molar-refractivity contribution in [1.29, 1.82) is 0 Å². The van der Waals surface area contributed by atoms with Gasteiger partial charge >= 0.3 is 12.0 Å². The van der Waals surface area contributed by atoms with Gasteiger partial charge in [0.1, 0.15) is 17.4 Å². The summed E-state index contributed by atoms with van der Waals surface area (Å²) in [6.45, 7) is 0. The van der Waals surface area contributed by atoms with Gasteiger partial charge in [0.2, 0.25) is 0 Å². The highest BCUT2D eigenvalue weighted by atomic mass is 32.2. The number of carbonyl (C=O) groups is 2. The van der Waals surface area contributed by atoms with Crippen LogP contribution in [0.5, 0.6) is 0 Å². The topological polar surface area (TPSA) is 146 Å². The van der Waals surface area contributed by atoms with E-state index >= 15 is 0 Å².